The minimum absolute atomic E-state index is 0.436. The van der Waals surface area contributed by atoms with E-state index < -0.39 is 0 Å². The van der Waals surface area contributed by atoms with Crippen LogP contribution in [-0.2, 0) is 0 Å². The lowest BCUT2D eigenvalue weighted by molar-refractivity contribution is 0.0752. The molecule has 0 aromatic carbocycles. The molecular weight excluding hydrogens is 220 g/mol. The summed E-state index contributed by atoms with van der Waals surface area (Å²) in [6.07, 6.45) is 11.1. The first-order chi connectivity index (χ1) is 8.65. The molecule has 2 nitrogen and oxygen atoms in total. The molecule has 106 valence electrons. The van der Waals surface area contributed by atoms with E-state index in [2.05, 4.69) is 18.7 Å². The fraction of sp³-hybridized carbons (Fsp3) is 1.00. The first-order valence-corrected chi connectivity index (χ1v) is 8.09. The van der Waals surface area contributed by atoms with Crippen molar-refractivity contribution in [3.8, 4) is 0 Å². The van der Waals surface area contributed by atoms with Crippen LogP contribution in [0.4, 0.5) is 0 Å². The Morgan fingerprint density at radius 3 is 2.44 bits per heavy atom. The van der Waals surface area contributed by atoms with Gasteiger partial charge in [0.05, 0.1) is 0 Å². The van der Waals surface area contributed by atoms with Crippen molar-refractivity contribution in [1.29, 1.82) is 0 Å². The van der Waals surface area contributed by atoms with E-state index in [9.17, 15) is 0 Å². The van der Waals surface area contributed by atoms with Crippen LogP contribution in [-0.4, -0.2) is 30.6 Å². The van der Waals surface area contributed by atoms with Crippen LogP contribution >= 0.6 is 0 Å². The van der Waals surface area contributed by atoms with Crippen molar-refractivity contribution in [1.82, 2.24) is 4.90 Å². The quantitative estimate of drug-likeness (QED) is 0.834. The third kappa shape index (κ3) is 3.48. The topological polar surface area (TPSA) is 29.3 Å². The number of nitrogens with two attached hydrogens (primary N) is 1. The Bertz CT molecular complexity index is 243. The van der Waals surface area contributed by atoms with E-state index in [-0.39, 0.29) is 0 Å². The summed E-state index contributed by atoms with van der Waals surface area (Å²) in [5, 5.41) is 0. The zero-order valence-corrected chi connectivity index (χ0v) is 12.5. The van der Waals surface area contributed by atoms with Crippen LogP contribution < -0.4 is 5.73 Å². The molecule has 18 heavy (non-hydrogen) atoms. The van der Waals surface area contributed by atoms with Crippen molar-refractivity contribution >= 4 is 0 Å². The Morgan fingerprint density at radius 1 is 1.06 bits per heavy atom. The van der Waals surface area contributed by atoms with Gasteiger partial charge in [-0.1, -0.05) is 32.6 Å². The fourth-order valence-electron chi connectivity index (χ4n) is 3.80. The molecule has 1 aliphatic heterocycles. The first-order valence-electron chi connectivity index (χ1n) is 8.09. The summed E-state index contributed by atoms with van der Waals surface area (Å²) in [6.45, 7) is 8.27. The molecule has 0 bridgehead atoms. The Morgan fingerprint density at radius 2 is 1.78 bits per heavy atom. The molecule has 2 heteroatoms. The summed E-state index contributed by atoms with van der Waals surface area (Å²) in [7, 11) is 0. The lowest BCUT2D eigenvalue weighted by Crippen LogP contribution is -2.47. The third-order valence-corrected chi connectivity index (χ3v) is 5.50. The molecular formula is C16H32N2. The molecule has 0 aromatic heterocycles. The molecule has 2 fully saturated rings. The lowest BCUT2D eigenvalue weighted by Gasteiger charge is -2.43. The zero-order chi connectivity index (χ0) is 13.0. The van der Waals surface area contributed by atoms with Gasteiger partial charge >= 0.3 is 0 Å². The zero-order valence-electron chi connectivity index (χ0n) is 12.5. The second kappa shape index (κ2) is 6.38. The van der Waals surface area contributed by atoms with Gasteiger partial charge in [0.25, 0.3) is 0 Å². The predicted molar refractivity (Wildman–Crippen MR) is 78.6 cm³/mol. The van der Waals surface area contributed by atoms with E-state index >= 15 is 0 Å². The van der Waals surface area contributed by atoms with Crippen molar-refractivity contribution in [3.05, 3.63) is 0 Å². The van der Waals surface area contributed by atoms with E-state index in [1.54, 1.807) is 0 Å². The number of likely N-dealkylation sites (tertiary alicyclic amines) is 1. The summed E-state index contributed by atoms with van der Waals surface area (Å²) in [5.74, 6) is 0.922. The minimum atomic E-state index is 0.436. The summed E-state index contributed by atoms with van der Waals surface area (Å²) < 4.78 is 0. The fourth-order valence-corrected chi connectivity index (χ4v) is 3.80. The molecule has 1 saturated heterocycles. The first kappa shape index (κ1) is 14.3. The van der Waals surface area contributed by atoms with Gasteiger partial charge in [0.1, 0.15) is 0 Å². The van der Waals surface area contributed by atoms with E-state index in [4.69, 9.17) is 5.73 Å². The van der Waals surface area contributed by atoms with Gasteiger partial charge in [-0.3, -0.25) is 0 Å². The monoisotopic (exact) mass is 252 g/mol. The SMILES string of the molecule is CC1CCC(CN)(CN2CCCCCC2C)CC1. The van der Waals surface area contributed by atoms with E-state index in [0.717, 1.165) is 18.5 Å². The molecule has 2 aliphatic rings. The van der Waals surface area contributed by atoms with Gasteiger partial charge in [-0.05, 0) is 57.0 Å². The van der Waals surface area contributed by atoms with Gasteiger partial charge in [-0.25, -0.2) is 0 Å². The van der Waals surface area contributed by atoms with Crippen molar-refractivity contribution in [3.63, 3.8) is 0 Å². The minimum Gasteiger partial charge on any atom is -0.330 e. The number of rotatable bonds is 3. The molecule has 1 heterocycles. The standard InChI is InChI=1S/C16H32N2/c1-14-7-9-16(12-17,10-8-14)13-18-11-5-3-4-6-15(18)2/h14-15H,3-13,17H2,1-2H3. The van der Waals surface area contributed by atoms with Gasteiger partial charge in [0, 0.05) is 12.6 Å². The molecule has 1 unspecified atom stereocenters. The van der Waals surface area contributed by atoms with Crippen LogP contribution in [0.15, 0.2) is 0 Å². The highest BCUT2D eigenvalue weighted by molar-refractivity contribution is 4.90. The number of hydrogen-bond donors (Lipinski definition) is 1. The maximum absolute atomic E-state index is 6.16. The van der Waals surface area contributed by atoms with Crippen molar-refractivity contribution < 1.29 is 0 Å². The smallest absolute Gasteiger partial charge is 0.00671 e. The van der Waals surface area contributed by atoms with Crippen molar-refractivity contribution in [2.45, 2.75) is 71.3 Å². The maximum atomic E-state index is 6.16. The second-order valence-corrected chi connectivity index (χ2v) is 7.06. The molecule has 0 amide bonds. The normalized spacial score (nSPS) is 39.5. The van der Waals surface area contributed by atoms with Crippen LogP contribution in [0.2, 0.25) is 0 Å². The van der Waals surface area contributed by atoms with Crippen LogP contribution in [0.3, 0.4) is 0 Å². The van der Waals surface area contributed by atoms with Crippen LogP contribution in [0.1, 0.15) is 65.2 Å². The number of hydrogen-bond acceptors (Lipinski definition) is 2. The number of nitrogens with zero attached hydrogens (tertiary/aromatic N) is 1. The summed E-state index contributed by atoms with van der Waals surface area (Å²) in [5.41, 5.74) is 6.59. The molecule has 0 spiro atoms. The Balaban J connectivity index is 1.96. The van der Waals surface area contributed by atoms with Gasteiger partial charge in [0.2, 0.25) is 0 Å². The molecule has 1 saturated carbocycles. The largest absolute Gasteiger partial charge is 0.330 e. The van der Waals surface area contributed by atoms with E-state index in [1.165, 1.54) is 64.5 Å². The average molecular weight is 252 g/mol. The molecule has 2 rings (SSSR count). The summed E-state index contributed by atoms with van der Waals surface area (Å²) >= 11 is 0. The molecule has 0 aromatic rings. The van der Waals surface area contributed by atoms with Gasteiger partial charge in [-0.2, -0.15) is 0 Å². The van der Waals surface area contributed by atoms with E-state index in [0.29, 0.717) is 5.41 Å². The predicted octanol–water partition coefficient (Wildman–Crippen LogP) is 3.41. The van der Waals surface area contributed by atoms with Gasteiger partial charge < -0.3 is 10.6 Å². The Kier molecular flexibility index (Phi) is 5.08. The highest BCUT2D eigenvalue weighted by Crippen LogP contribution is 2.39. The van der Waals surface area contributed by atoms with Gasteiger partial charge in [-0.15, -0.1) is 0 Å². The Labute approximate surface area is 113 Å². The van der Waals surface area contributed by atoms with Crippen LogP contribution in [0, 0.1) is 11.3 Å². The van der Waals surface area contributed by atoms with Crippen LogP contribution in [0.5, 0.6) is 0 Å². The summed E-state index contributed by atoms with van der Waals surface area (Å²) in [6, 6.07) is 0.773. The lowest BCUT2D eigenvalue weighted by atomic mass is 9.70. The average Bonchev–Trinajstić information content (AvgIpc) is 2.58. The second-order valence-electron chi connectivity index (χ2n) is 7.06. The Hall–Kier alpha value is -0.0800. The highest BCUT2D eigenvalue weighted by Gasteiger charge is 2.35. The van der Waals surface area contributed by atoms with Crippen molar-refractivity contribution in [2.75, 3.05) is 19.6 Å². The molecule has 2 N–H and O–H groups in total. The van der Waals surface area contributed by atoms with Crippen molar-refractivity contribution in [2.24, 2.45) is 17.1 Å². The molecule has 1 aliphatic carbocycles. The van der Waals surface area contributed by atoms with Crippen LogP contribution in [0.25, 0.3) is 0 Å². The third-order valence-electron chi connectivity index (χ3n) is 5.50. The molecule has 1 atom stereocenters. The summed E-state index contributed by atoms with van der Waals surface area (Å²) in [4.78, 5) is 2.75. The molecule has 0 radical (unpaired) electrons. The maximum Gasteiger partial charge on any atom is 0.00671 e. The van der Waals surface area contributed by atoms with E-state index in [1.807, 2.05) is 0 Å². The van der Waals surface area contributed by atoms with Gasteiger partial charge in [0.15, 0.2) is 0 Å². The highest BCUT2D eigenvalue weighted by atomic mass is 15.2.